The van der Waals surface area contributed by atoms with Gasteiger partial charge in [-0.2, -0.15) is 0 Å². The molecule has 0 aliphatic heterocycles. The maximum atomic E-state index is 9.79. The third-order valence-electron chi connectivity index (χ3n) is 4.72. The van der Waals surface area contributed by atoms with Crippen molar-refractivity contribution < 1.29 is 5.11 Å². The van der Waals surface area contributed by atoms with Gasteiger partial charge >= 0.3 is 0 Å². The molecule has 1 saturated carbocycles. The Balaban J connectivity index is 2.02. The van der Waals surface area contributed by atoms with Crippen LogP contribution in [0.25, 0.3) is 5.57 Å². The zero-order chi connectivity index (χ0) is 14.3. The molecule has 3 unspecified atom stereocenters. The fraction of sp³-hybridized carbons (Fsp3) is 0.529. The quantitative estimate of drug-likeness (QED) is 0.908. The summed E-state index contributed by atoms with van der Waals surface area (Å²) in [7, 11) is 4.26. The minimum Gasteiger partial charge on any atom is -0.508 e. The number of hydrogen-bond donors (Lipinski definition) is 1. The maximum absolute atomic E-state index is 9.79. The number of hydrogen-bond acceptors (Lipinski definition) is 2. The van der Waals surface area contributed by atoms with E-state index < -0.39 is 0 Å². The number of benzene rings is 1. The van der Waals surface area contributed by atoms with Crippen LogP contribution in [-0.2, 0) is 0 Å². The van der Waals surface area contributed by atoms with Gasteiger partial charge in [-0.1, -0.05) is 17.7 Å². The summed E-state index contributed by atoms with van der Waals surface area (Å²) < 4.78 is 0. The first kappa shape index (κ1) is 14.0. The predicted molar refractivity (Wildman–Crippen MR) is 84.0 cm³/mol. The standard InChI is InChI=1S/C17H22ClNO/c1-19(2)10-16-12-4-3-11(7-12)8-14(16)15-9-13(20)5-6-17(15)18/h5-6,8-9,11-12,16,20H,3-4,7,10H2,1-2H3. The summed E-state index contributed by atoms with van der Waals surface area (Å²) in [5.41, 5.74) is 2.37. The molecule has 0 heterocycles. The summed E-state index contributed by atoms with van der Waals surface area (Å²) >= 11 is 6.38. The van der Waals surface area contributed by atoms with E-state index in [1.54, 1.807) is 12.1 Å². The molecule has 0 saturated heterocycles. The molecule has 2 bridgehead atoms. The van der Waals surface area contributed by atoms with E-state index in [1.807, 2.05) is 6.07 Å². The highest BCUT2D eigenvalue weighted by molar-refractivity contribution is 6.32. The van der Waals surface area contributed by atoms with Crippen LogP contribution >= 0.6 is 11.6 Å². The molecule has 2 aliphatic carbocycles. The molecule has 1 aromatic rings. The summed E-state index contributed by atoms with van der Waals surface area (Å²) in [6.45, 7) is 1.05. The first-order chi connectivity index (χ1) is 9.54. The van der Waals surface area contributed by atoms with Crippen LogP contribution in [0.4, 0.5) is 0 Å². The van der Waals surface area contributed by atoms with Gasteiger partial charge in [-0.3, -0.25) is 0 Å². The van der Waals surface area contributed by atoms with Gasteiger partial charge in [0.15, 0.2) is 0 Å². The van der Waals surface area contributed by atoms with Crippen LogP contribution < -0.4 is 0 Å². The second kappa shape index (κ2) is 5.42. The fourth-order valence-corrected chi connectivity index (χ4v) is 4.09. The van der Waals surface area contributed by atoms with Crippen molar-refractivity contribution >= 4 is 17.2 Å². The van der Waals surface area contributed by atoms with Gasteiger partial charge < -0.3 is 10.0 Å². The lowest BCUT2D eigenvalue weighted by molar-refractivity contribution is 0.289. The van der Waals surface area contributed by atoms with Crippen molar-refractivity contribution in [3.63, 3.8) is 0 Å². The van der Waals surface area contributed by atoms with Crippen molar-refractivity contribution in [2.75, 3.05) is 20.6 Å². The average Bonchev–Trinajstić information content (AvgIpc) is 2.79. The number of halogens is 1. The molecule has 2 nitrogen and oxygen atoms in total. The van der Waals surface area contributed by atoms with Gasteiger partial charge in [0.1, 0.15) is 5.75 Å². The van der Waals surface area contributed by atoms with Crippen LogP contribution in [-0.4, -0.2) is 30.6 Å². The molecule has 3 heteroatoms. The number of phenolic OH excluding ortho intramolecular Hbond substituents is 1. The lowest BCUT2D eigenvalue weighted by atomic mass is 9.76. The number of allylic oxidation sites excluding steroid dienone is 1. The number of fused-ring (bicyclic) bond motifs is 2. The zero-order valence-corrected chi connectivity index (χ0v) is 12.9. The van der Waals surface area contributed by atoms with E-state index >= 15 is 0 Å². The Bertz CT molecular complexity index is 538. The second-order valence-electron chi connectivity index (χ2n) is 6.49. The van der Waals surface area contributed by atoms with Gasteiger partial charge in [0.25, 0.3) is 0 Å². The van der Waals surface area contributed by atoms with Gasteiger partial charge in [0.2, 0.25) is 0 Å². The molecule has 20 heavy (non-hydrogen) atoms. The van der Waals surface area contributed by atoms with E-state index in [9.17, 15) is 5.11 Å². The summed E-state index contributed by atoms with van der Waals surface area (Å²) in [4.78, 5) is 2.26. The van der Waals surface area contributed by atoms with Crippen molar-refractivity contribution in [3.05, 3.63) is 34.9 Å². The Hall–Kier alpha value is -0.990. The summed E-state index contributed by atoms with van der Waals surface area (Å²) in [5.74, 6) is 2.29. The number of nitrogens with zero attached hydrogens (tertiary/aromatic N) is 1. The monoisotopic (exact) mass is 291 g/mol. The van der Waals surface area contributed by atoms with Crippen molar-refractivity contribution in [2.24, 2.45) is 17.8 Å². The van der Waals surface area contributed by atoms with Crippen molar-refractivity contribution in [2.45, 2.75) is 19.3 Å². The molecular weight excluding hydrogens is 270 g/mol. The fourth-order valence-electron chi connectivity index (χ4n) is 3.87. The topological polar surface area (TPSA) is 23.5 Å². The first-order valence-electron chi connectivity index (χ1n) is 7.40. The Kier molecular flexibility index (Phi) is 3.78. The van der Waals surface area contributed by atoms with Crippen LogP contribution in [0.15, 0.2) is 24.3 Å². The highest BCUT2D eigenvalue weighted by Crippen LogP contribution is 2.49. The molecule has 0 spiro atoms. The van der Waals surface area contributed by atoms with E-state index in [0.717, 1.165) is 23.0 Å². The molecule has 1 N–H and O–H groups in total. The molecule has 2 aliphatic rings. The Morgan fingerprint density at radius 2 is 2.10 bits per heavy atom. The summed E-state index contributed by atoms with van der Waals surface area (Å²) in [5, 5.41) is 10.5. The normalized spacial score (nSPS) is 28.8. The average molecular weight is 292 g/mol. The van der Waals surface area contributed by atoms with Gasteiger partial charge in [-0.15, -0.1) is 0 Å². The molecule has 1 aromatic carbocycles. The third-order valence-corrected chi connectivity index (χ3v) is 5.05. The minimum absolute atomic E-state index is 0.298. The Morgan fingerprint density at radius 3 is 2.85 bits per heavy atom. The van der Waals surface area contributed by atoms with Crippen LogP contribution in [0.5, 0.6) is 5.75 Å². The molecular formula is C17H22ClNO. The highest BCUT2D eigenvalue weighted by Gasteiger charge is 2.37. The number of phenols is 1. The van der Waals surface area contributed by atoms with Crippen LogP contribution in [0, 0.1) is 17.8 Å². The Morgan fingerprint density at radius 1 is 1.30 bits per heavy atom. The molecule has 0 amide bonds. The van der Waals surface area contributed by atoms with Crippen LogP contribution in [0.2, 0.25) is 5.02 Å². The predicted octanol–water partition coefficient (Wildman–Crippen LogP) is 4.04. The molecule has 3 atom stereocenters. The smallest absolute Gasteiger partial charge is 0.116 e. The highest BCUT2D eigenvalue weighted by atomic mass is 35.5. The van der Waals surface area contributed by atoms with Gasteiger partial charge in [0.05, 0.1) is 0 Å². The van der Waals surface area contributed by atoms with E-state index in [4.69, 9.17) is 11.6 Å². The molecule has 3 rings (SSSR count). The van der Waals surface area contributed by atoms with Crippen molar-refractivity contribution in [3.8, 4) is 5.75 Å². The Labute approximate surface area is 126 Å². The van der Waals surface area contributed by atoms with E-state index in [-0.39, 0.29) is 0 Å². The van der Waals surface area contributed by atoms with Crippen LogP contribution in [0.1, 0.15) is 24.8 Å². The summed E-state index contributed by atoms with van der Waals surface area (Å²) in [6.07, 6.45) is 6.35. The molecule has 108 valence electrons. The van der Waals surface area contributed by atoms with Crippen molar-refractivity contribution in [1.82, 2.24) is 4.90 Å². The van der Waals surface area contributed by atoms with Gasteiger partial charge in [0, 0.05) is 11.6 Å². The largest absolute Gasteiger partial charge is 0.508 e. The third kappa shape index (κ3) is 2.59. The van der Waals surface area contributed by atoms with Gasteiger partial charge in [-0.05, 0) is 80.4 Å². The van der Waals surface area contributed by atoms with E-state index in [0.29, 0.717) is 17.6 Å². The lowest BCUT2D eigenvalue weighted by Gasteiger charge is -2.33. The first-order valence-corrected chi connectivity index (χ1v) is 7.77. The zero-order valence-electron chi connectivity index (χ0n) is 12.1. The van der Waals surface area contributed by atoms with E-state index in [1.165, 1.54) is 24.8 Å². The van der Waals surface area contributed by atoms with Crippen LogP contribution in [0.3, 0.4) is 0 Å². The number of aromatic hydroxyl groups is 1. The van der Waals surface area contributed by atoms with Crippen molar-refractivity contribution in [1.29, 1.82) is 0 Å². The maximum Gasteiger partial charge on any atom is 0.116 e. The summed E-state index contributed by atoms with van der Waals surface area (Å²) in [6, 6.07) is 5.28. The second-order valence-corrected chi connectivity index (χ2v) is 6.90. The molecule has 0 aromatic heterocycles. The minimum atomic E-state index is 0.298. The lowest BCUT2D eigenvalue weighted by Crippen LogP contribution is -2.29. The number of rotatable bonds is 3. The molecule has 0 radical (unpaired) electrons. The van der Waals surface area contributed by atoms with E-state index in [2.05, 4.69) is 25.1 Å². The SMILES string of the molecule is CN(C)CC1C(c2cc(O)ccc2Cl)=CC2CCC1C2. The molecule has 1 fully saturated rings. The van der Waals surface area contributed by atoms with Gasteiger partial charge in [-0.25, -0.2) is 0 Å².